The first-order valence-electron chi connectivity index (χ1n) is 6.64. The number of carbonyl (C=O) groups excluding carboxylic acids is 1. The lowest BCUT2D eigenvalue weighted by atomic mass is 10.1. The third kappa shape index (κ3) is 4.92. The predicted molar refractivity (Wildman–Crippen MR) is 81.8 cm³/mol. The number of halogens is 1. The van der Waals surface area contributed by atoms with Crippen LogP contribution in [-0.2, 0) is 0 Å². The summed E-state index contributed by atoms with van der Waals surface area (Å²) >= 11 is 3.12. The first-order chi connectivity index (χ1) is 9.43. The van der Waals surface area contributed by atoms with Crippen LogP contribution in [0, 0.1) is 16.0 Å². The van der Waals surface area contributed by atoms with Gasteiger partial charge in [0.2, 0.25) is 0 Å². The van der Waals surface area contributed by atoms with Crippen LogP contribution in [-0.4, -0.2) is 17.4 Å². The lowest BCUT2D eigenvalue weighted by Crippen LogP contribution is -2.25. The molecule has 5 nitrogen and oxygen atoms in total. The standard InChI is InChI=1S/C14H19BrN2O3/c1-10(2)6-3-4-9-16-14(18)11-7-5-8-12(13(11)15)17(19)20/h5,7-8,10H,3-4,6,9H2,1-2H3,(H,16,18). The molecule has 1 N–H and O–H groups in total. The van der Waals surface area contributed by atoms with E-state index in [1.54, 1.807) is 6.07 Å². The molecular weight excluding hydrogens is 324 g/mol. The maximum atomic E-state index is 12.0. The van der Waals surface area contributed by atoms with Gasteiger partial charge >= 0.3 is 0 Å². The van der Waals surface area contributed by atoms with Crippen LogP contribution in [0.4, 0.5) is 5.69 Å². The average Bonchev–Trinajstić information content (AvgIpc) is 2.37. The van der Waals surface area contributed by atoms with Gasteiger partial charge < -0.3 is 5.32 Å². The monoisotopic (exact) mass is 342 g/mol. The van der Waals surface area contributed by atoms with Crippen molar-refractivity contribution in [1.29, 1.82) is 0 Å². The molecule has 0 bridgehead atoms. The fraction of sp³-hybridized carbons (Fsp3) is 0.500. The van der Waals surface area contributed by atoms with Crippen LogP contribution in [0.3, 0.4) is 0 Å². The van der Waals surface area contributed by atoms with Gasteiger partial charge in [0.25, 0.3) is 11.6 Å². The molecule has 110 valence electrons. The Balaban J connectivity index is 2.56. The van der Waals surface area contributed by atoms with E-state index < -0.39 is 4.92 Å². The van der Waals surface area contributed by atoms with Gasteiger partial charge in [-0.25, -0.2) is 0 Å². The Kier molecular flexibility index (Phi) is 6.64. The molecule has 0 radical (unpaired) electrons. The summed E-state index contributed by atoms with van der Waals surface area (Å²) in [6.45, 7) is 4.91. The quantitative estimate of drug-likeness (QED) is 0.463. The van der Waals surface area contributed by atoms with E-state index >= 15 is 0 Å². The minimum absolute atomic E-state index is 0.0996. The maximum absolute atomic E-state index is 12.0. The Morgan fingerprint density at radius 3 is 2.70 bits per heavy atom. The van der Waals surface area contributed by atoms with Crippen molar-refractivity contribution in [3.8, 4) is 0 Å². The summed E-state index contributed by atoms with van der Waals surface area (Å²) in [7, 11) is 0. The highest BCUT2D eigenvalue weighted by Crippen LogP contribution is 2.28. The summed E-state index contributed by atoms with van der Waals surface area (Å²) in [5.74, 6) is 0.377. The van der Waals surface area contributed by atoms with Crippen LogP contribution in [0.1, 0.15) is 43.5 Å². The molecule has 0 saturated heterocycles. The van der Waals surface area contributed by atoms with Crippen molar-refractivity contribution >= 4 is 27.5 Å². The van der Waals surface area contributed by atoms with Gasteiger partial charge in [-0.2, -0.15) is 0 Å². The highest BCUT2D eigenvalue weighted by Gasteiger charge is 2.18. The van der Waals surface area contributed by atoms with E-state index in [2.05, 4.69) is 35.1 Å². The first kappa shape index (κ1) is 16.6. The highest BCUT2D eigenvalue weighted by molar-refractivity contribution is 9.10. The SMILES string of the molecule is CC(C)CCCCNC(=O)c1cccc([N+](=O)[O-])c1Br. The van der Waals surface area contributed by atoms with E-state index in [9.17, 15) is 14.9 Å². The Hall–Kier alpha value is -1.43. The van der Waals surface area contributed by atoms with E-state index in [1.165, 1.54) is 12.1 Å². The summed E-state index contributed by atoms with van der Waals surface area (Å²) < 4.78 is 0.227. The van der Waals surface area contributed by atoms with Crippen LogP contribution >= 0.6 is 15.9 Å². The van der Waals surface area contributed by atoms with E-state index in [4.69, 9.17) is 0 Å². The summed E-state index contributed by atoms with van der Waals surface area (Å²) in [5.41, 5.74) is 0.195. The summed E-state index contributed by atoms with van der Waals surface area (Å²) in [4.78, 5) is 22.3. The number of nitro benzene ring substituents is 1. The van der Waals surface area contributed by atoms with Crippen molar-refractivity contribution in [2.45, 2.75) is 33.1 Å². The van der Waals surface area contributed by atoms with Gasteiger partial charge in [0, 0.05) is 12.6 Å². The number of nitro groups is 1. The summed E-state index contributed by atoms with van der Waals surface area (Å²) in [5, 5.41) is 13.6. The molecule has 6 heteroatoms. The van der Waals surface area contributed by atoms with Crippen molar-refractivity contribution < 1.29 is 9.72 Å². The first-order valence-corrected chi connectivity index (χ1v) is 7.44. The number of benzene rings is 1. The molecule has 0 atom stereocenters. The normalized spacial score (nSPS) is 10.6. The smallest absolute Gasteiger partial charge is 0.284 e. The molecule has 0 aliphatic heterocycles. The lowest BCUT2D eigenvalue weighted by Gasteiger charge is -2.08. The molecule has 1 aromatic rings. The largest absolute Gasteiger partial charge is 0.352 e. The molecule has 0 unspecified atom stereocenters. The van der Waals surface area contributed by atoms with Crippen LogP contribution in [0.25, 0.3) is 0 Å². The zero-order valence-corrected chi connectivity index (χ0v) is 13.3. The molecule has 0 aromatic heterocycles. The molecule has 0 saturated carbocycles. The van der Waals surface area contributed by atoms with E-state index in [1.807, 2.05) is 0 Å². The van der Waals surface area contributed by atoms with Crippen LogP contribution < -0.4 is 5.32 Å². The minimum Gasteiger partial charge on any atom is -0.352 e. The lowest BCUT2D eigenvalue weighted by molar-refractivity contribution is -0.385. The number of nitrogens with zero attached hydrogens (tertiary/aromatic N) is 1. The number of amides is 1. The summed E-state index contributed by atoms with van der Waals surface area (Å²) in [6.07, 6.45) is 3.11. The second kappa shape index (κ2) is 7.99. The molecule has 20 heavy (non-hydrogen) atoms. The maximum Gasteiger partial charge on any atom is 0.284 e. The van der Waals surface area contributed by atoms with Gasteiger partial charge in [-0.15, -0.1) is 0 Å². The molecular formula is C14H19BrN2O3. The van der Waals surface area contributed by atoms with Crippen LogP contribution in [0.15, 0.2) is 22.7 Å². The fourth-order valence-corrected chi connectivity index (χ4v) is 2.40. The summed E-state index contributed by atoms with van der Waals surface area (Å²) in [6, 6.07) is 4.45. The molecule has 0 aliphatic carbocycles. The Labute approximate surface area is 127 Å². The number of hydrogen-bond donors (Lipinski definition) is 1. The molecule has 0 heterocycles. The van der Waals surface area contributed by atoms with E-state index in [0.717, 1.165) is 19.3 Å². The van der Waals surface area contributed by atoms with Gasteiger partial charge in [-0.05, 0) is 34.3 Å². The van der Waals surface area contributed by atoms with Gasteiger partial charge in [0.05, 0.1) is 10.5 Å². The number of carbonyl (C=O) groups is 1. The van der Waals surface area contributed by atoms with Crippen molar-refractivity contribution in [2.75, 3.05) is 6.54 Å². The molecule has 0 aliphatic rings. The third-order valence-corrected chi connectivity index (χ3v) is 3.75. The van der Waals surface area contributed by atoms with Gasteiger partial charge in [-0.1, -0.05) is 32.8 Å². The van der Waals surface area contributed by atoms with E-state index in [-0.39, 0.29) is 16.1 Å². The van der Waals surface area contributed by atoms with Gasteiger partial charge in [0.1, 0.15) is 4.47 Å². The predicted octanol–water partition coefficient (Wildman–Crippen LogP) is 3.91. The van der Waals surface area contributed by atoms with Crippen molar-refractivity contribution in [1.82, 2.24) is 5.32 Å². The second-order valence-corrected chi connectivity index (χ2v) is 5.83. The zero-order chi connectivity index (χ0) is 15.1. The molecule has 1 rings (SSSR count). The number of hydrogen-bond acceptors (Lipinski definition) is 3. The Morgan fingerprint density at radius 1 is 1.40 bits per heavy atom. The highest BCUT2D eigenvalue weighted by atomic mass is 79.9. The minimum atomic E-state index is -0.510. The average molecular weight is 343 g/mol. The van der Waals surface area contributed by atoms with Crippen molar-refractivity contribution in [3.63, 3.8) is 0 Å². The Bertz CT molecular complexity index is 489. The molecule has 1 amide bonds. The van der Waals surface area contributed by atoms with Crippen LogP contribution in [0.2, 0.25) is 0 Å². The molecule has 0 spiro atoms. The Morgan fingerprint density at radius 2 is 2.10 bits per heavy atom. The van der Waals surface area contributed by atoms with Crippen molar-refractivity contribution in [3.05, 3.63) is 38.3 Å². The topological polar surface area (TPSA) is 72.2 Å². The number of rotatable bonds is 7. The van der Waals surface area contributed by atoms with Gasteiger partial charge in [0.15, 0.2) is 0 Å². The van der Waals surface area contributed by atoms with Gasteiger partial charge in [-0.3, -0.25) is 14.9 Å². The zero-order valence-electron chi connectivity index (χ0n) is 11.7. The molecule has 1 aromatic carbocycles. The third-order valence-electron chi connectivity index (χ3n) is 2.91. The number of unbranched alkanes of at least 4 members (excludes halogenated alkanes) is 1. The van der Waals surface area contributed by atoms with Crippen LogP contribution in [0.5, 0.6) is 0 Å². The second-order valence-electron chi connectivity index (χ2n) is 5.04. The van der Waals surface area contributed by atoms with Crippen molar-refractivity contribution in [2.24, 2.45) is 5.92 Å². The van der Waals surface area contributed by atoms with E-state index in [0.29, 0.717) is 18.0 Å². The fourth-order valence-electron chi connectivity index (χ4n) is 1.81. The molecule has 0 fully saturated rings. The number of nitrogens with one attached hydrogen (secondary N) is 1.